The molecular weight excluding hydrogens is 385 g/mol. The molecule has 0 saturated carbocycles. The Morgan fingerprint density at radius 3 is 2.76 bits per heavy atom. The fraction of sp³-hybridized carbons (Fsp3) is 0.316. The molecule has 25 heavy (non-hydrogen) atoms. The van der Waals surface area contributed by atoms with Gasteiger partial charge in [-0.3, -0.25) is 0 Å². The summed E-state index contributed by atoms with van der Waals surface area (Å²) in [6.07, 6.45) is 1.02. The van der Waals surface area contributed by atoms with Crippen molar-refractivity contribution in [3.63, 3.8) is 0 Å². The Bertz CT molecular complexity index is 723. The lowest BCUT2D eigenvalue weighted by Crippen LogP contribution is -2.38. The minimum atomic E-state index is -0.219. The van der Waals surface area contributed by atoms with Gasteiger partial charge in [0.15, 0.2) is 0 Å². The summed E-state index contributed by atoms with van der Waals surface area (Å²) in [7, 11) is 0. The second kappa shape index (κ2) is 8.34. The maximum Gasteiger partial charge on any atom is 0.315 e. The molecule has 0 aliphatic carbocycles. The third-order valence-electron chi connectivity index (χ3n) is 4.37. The van der Waals surface area contributed by atoms with E-state index < -0.39 is 0 Å². The second-order valence-corrected chi connectivity index (χ2v) is 7.19. The van der Waals surface area contributed by atoms with Gasteiger partial charge in [-0.25, -0.2) is 9.18 Å². The fourth-order valence-corrected chi connectivity index (χ4v) is 3.46. The number of amides is 2. The van der Waals surface area contributed by atoms with Gasteiger partial charge in [-0.1, -0.05) is 28.1 Å². The zero-order valence-electron chi connectivity index (χ0n) is 13.8. The van der Waals surface area contributed by atoms with Crippen LogP contribution in [-0.2, 0) is 6.54 Å². The van der Waals surface area contributed by atoms with Crippen molar-refractivity contribution < 1.29 is 9.18 Å². The number of benzene rings is 2. The summed E-state index contributed by atoms with van der Waals surface area (Å²) in [5.74, 6) is 0.185. The van der Waals surface area contributed by atoms with Crippen molar-refractivity contribution in [2.24, 2.45) is 5.92 Å². The van der Waals surface area contributed by atoms with Crippen LogP contribution in [0.1, 0.15) is 12.0 Å². The van der Waals surface area contributed by atoms with Gasteiger partial charge < -0.3 is 15.5 Å². The molecule has 0 radical (unpaired) electrons. The Hall–Kier alpha value is -2.08. The van der Waals surface area contributed by atoms with Crippen molar-refractivity contribution in [1.82, 2.24) is 10.6 Å². The van der Waals surface area contributed by atoms with Crippen LogP contribution < -0.4 is 15.5 Å². The van der Waals surface area contributed by atoms with E-state index in [4.69, 9.17) is 0 Å². The molecular formula is C19H21BrFN3O. The van der Waals surface area contributed by atoms with E-state index in [2.05, 4.69) is 31.5 Å². The summed E-state index contributed by atoms with van der Waals surface area (Å²) in [6, 6.07) is 14.3. The molecule has 0 spiro atoms. The van der Waals surface area contributed by atoms with Gasteiger partial charge in [0.1, 0.15) is 5.82 Å². The molecule has 132 valence electrons. The highest BCUT2D eigenvalue weighted by atomic mass is 79.9. The van der Waals surface area contributed by atoms with Crippen molar-refractivity contribution in [2.75, 3.05) is 24.5 Å². The van der Waals surface area contributed by atoms with Gasteiger partial charge in [0.2, 0.25) is 0 Å². The lowest BCUT2D eigenvalue weighted by Gasteiger charge is -2.19. The van der Waals surface area contributed by atoms with Gasteiger partial charge in [-0.05, 0) is 54.3 Å². The molecule has 2 aromatic carbocycles. The van der Waals surface area contributed by atoms with Crippen molar-refractivity contribution in [1.29, 1.82) is 0 Å². The number of carbonyl (C=O) groups excluding carboxylic acids is 1. The summed E-state index contributed by atoms with van der Waals surface area (Å²) < 4.78 is 14.0. The molecule has 1 fully saturated rings. The Balaban J connectivity index is 1.40. The number of nitrogens with one attached hydrogen (secondary N) is 2. The molecule has 1 atom stereocenters. The fourth-order valence-electron chi connectivity index (χ4n) is 3.01. The maximum atomic E-state index is 13.0. The average molecular weight is 406 g/mol. The van der Waals surface area contributed by atoms with Crippen LogP contribution in [0.4, 0.5) is 14.9 Å². The standard InChI is InChI=1S/C19H21BrFN3O/c20-16-3-1-2-14(10-16)11-22-19(25)23-12-15-8-9-24(13-15)18-6-4-17(21)5-7-18/h1-7,10,15H,8-9,11-13H2,(H2,22,23,25). The first kappa shape index (κ1) is 17.7. The lowest BCUT2D eigenvalue weighted by atomic mass is 10.1. The topological polar surface area (TPSA) is 44.4 Å². The summed E-state index contributed by atoms with van der Waals surface area (Å²) in [4.78, 5) is 14.2. The Labute approximate surface area is 155 Å². The molecule has 3 rings (SSSR count). The largest absolute Gasteiger partial charge is 0.371 e. The number of nitrogens with zero attached hydrogens (tertiary/aromatic N) is 1. The molecule has 1 aliphatic rings. The van der Waals surface area contributed by atoms with E-state index in [0.29, 0.717) is 19.0 Å². The predicted molar refractivity (Wildman–Crippen MR) is 101 cm³/mol. The number of urea groups is 1. The van der Waals surface area contributed by atoms with E-state index in [9.17, 15) is 9.18 Å². The highest BCUT2D eigenvalue weighted by Crippen LogP contribution is 2.23. The zero-order chi connectivity index (χ0) is 17.6. The van der Waals surface area contributed by atoms with Gasteiger partial charge in [0.25, 0.3) is 0 Å². The minimum absolute atomic E-state index is 0.153. The van der Waals surface area contributed by atoms with Crippen LogP contribution in [0.25, 0.3) is 0 Å². The molecule has 2 aromatic rings. The van der Waals surface area contributed by atoms with Crippen LogP contribution in [0.2, 0.25) is 0 Å². The zero-order valence-corrected chi connectivity index (χ0v) is 15.4. The van der Waals surface area contributed by atoms with E-state index in [0.717, 1.165) is 35.2 Å². The van der Waals surface area contributed by atoms with Gasteiger partial charge in [-0.2, -0.15) is 0 Å². The molecule has 1 unspecified atom stereocenters. The Kier molecular flexibility index (Phi) is 5.91. The Morgan fingerprint density at radius 1 is 1.20 bits per heavy atom. The lowest BCUT2D eigenvalue weighted by molar-refractivity contribution is 0.239. The number of anilines is 1. The van der Waals surface area contributed by atoms with Crippen LogP contribution in [0.15, 0.2) is 53.0 Å². The molecule has 0 bridgehead atoms. The number of carbonyl (C=O) groups is 1. The summed E-state index contributed by atoms with van der Waals surface area (Å²) >= 11 is 3.42. The predicted octanol–water partition coefficient (Wildman–Crippen LogP) is 3.91. The van der Waals surface area contributed by atoms with Gasteiger partial charge in [0, 0.05) is 36.3 Å². The molecule has 2 amide bonds. The van der Waals surface area contributed by atoms with Crippen LogP contribution in [0, 0.1) is 11.7 Å². The maximum absolute atomic E-state index is 13.0. The first-order valence-corrected chi connectivity index (χ1v) is 9.16. The van der Waals surface area contributed by atoms with E-state index in [1.807, 2.05) is 24.3 Å². The number of hydrogen-bond donors (Lipinski definition) is 2. The molecule has 1 saturated heterocycles. The molecule has 0 aromatic heterocycles. The highest BCUT2D eigenvalue weighted by molar-refractivity contribution is 9.10. The molecule has 4 nitrogen and oxygen atoms in total. The Morgan fingerprint density at radius 2 is 2.00 bits per heavy atom. The van der Waals surface area contributed by atoms with Crippen molar-refractivity contribution in [3.8, 4) is 0 Å². The first-order valence-electron chi connectivity index (χ1n) is 8.37. The van der Waals surface area contributed by atoms with Crippen LogP contribution in [-0.4, -0.2) is 25.7 Å². The van der Waals surface area contributed by atoms with E-state index >= 15 is 0 Å². The number of hydrogen-bond acceptors (Lipinski definition) is 2. The minimum Gasteiger partial charge on any atom is -0.371 e. The highest BCUT2D eigenvalue weighted by Gasteiger charge is 2.23. The van der Waals surface area contributed by atoms with E-state index in [1.165, 1.54) is 12.1 Å². The van der Waals surface area contributed by atoms with Crippen LogP contribution in [0.5, 0.6) is 0 Å². The summed E-state index contributed by atoms with van der Waals surface area (Å²) in [5.41, 5.74) is 2.08. The SMILES string of the molecule is O=C(NCc1cccc(Br)c1)NCC1CCN(c2ccc(F)cc2)C1. The monoisotopic (exact) mass is 405 g/mol. The van der Waals surface area contributed by atoms with Gasteiger partial charge >= 0.3 is 6.03 Å². The van der Waals surface area contributed by atoms with E-state index in [1.54, 1.807) is 12.1 Å². The first-order chi connectivity index (χ1) is 12.1. The number of halogens is 2. The molecule has 1 heterocycles. The molecule has 2 N–H and O–H groups in total. The normalized spacial score (nSPS) is 16.7. The van der Waals surface area contributed by atoms with Crippen molar-refractivity contribution in [3.05, 3.63) is 64.4 Å². The average Bonchev–Trinajstić information content (AvgIpc) is 3.08. The quantitative estimate of drug-likeness (QED) is 0.791. The van der Waals surface area contributed by atoms with Gasteiger partial charge in [0.05, 0.1) is 0 Å². The smallest absolute Gasteiger partial charge is 0.315 e. The third-order valence-corrected chi connectivity index (χ3v) is 4.86. The third kappa shape index (κ3) is 5.19. The van der Waals surface area contributed by atoms with Gasteiger partial charge in [-0.15, -0.1) is 0 Å². The van der Waals surface area contributed by atoms with Crippen molar-refractivity contribution in [2.45, 2.75) is 13.0 Å². The van der Waals surface area contributed by atoms with E-state index in [-0.39, 0.29) is 11.8 Å². The van der Waals surface area contributed by atoms with Crippen LogP contribution in [0.3, 0.4) is 0 Å². The molecule has 1 aliphatic heterocycles. The van der Waals surface area contributed by atoms with Crippen LogP contribution >= 0.6 is 15.9 Å². The number of rotatable bonds is 5. The summed E-state index contributed by atoms with van der Waals surface area (Å²) in [5, 5.41) is 5.82. The summed E-state index contributed by atoms with van der Waals surface area (Å²) in [6.45, 7) is 2.94. The second-order valence-electron chi connectivity index (χ2n) is 6.27. The van der Waals surface area contributed by atoms with Crippen molar-refractivity contribution >= 4 is 27.6 Å². The molecule has 6 heteroatoms.